The molecule has 1 amide bonds. The zero-order chi connectivity index (χ0) is 20.3. The molecule has 150 valence electrons. The maximum absolute atomic E-state index is 12.9. The summed E-state index contributed by atoms with van der Waals surface area (Å²) in [6.07, 6.45) is -0.396. The Hall–Kier alpha value is -2.94. The second kappa shape index (κ2) is 8.39. The molecule has 1 unspecified atom stereocenters. The molecule has 0 spiro atoms. The molecule has 1 aliphatic heterocycles. The van der Waals surface area contributed by atoms with Gasteiger partial charge < -0.3 is 19.5 Å². The summed E-state index contributed by atoms with van der Waals surface area (Å²) in [5.41, 5.74) is 1.67. The molecule has 1 aromatic carbocycles. The average molecular weight is 388 g/mol. The van der Waals surface area contributed by atoms with Crippen molar-refractivity contribution in [1.29, 1.82) is 0 Å². The van der Waals surface area contributed by atoms with Gasteiger partial charge in [-0.3, -0.25) is 4.79 Å². The van der Waals surface area contributed by atoms with Crippen molar-refractivity contribution in [3.63, 3.8) is 0 Å². The number of carboxylic acid groups (broad SMARTS) is 1. The second-order valence-corrected chi connectivity index (χ2v) is 6.76. The molecule has 1 aliphatic rings. The molecule has 0 radical (unpaired) electrons. The van der Waals surface area contributed by atoms with E-state index in [1.807, 2.05) is 45.0 Å². The number of ether oxygens (including phenoxy) is 2. The summed E-state index contributed by atoms with van der Waals surface area (Å²) >= 11 is 0. The molecule has 3 rings (SSSR count). The summed E-state index contributed by atoms with van der Waals surface area (Å²) in [6, 6.07) is 7.40. The Bertz CT molecular complexity index is 847. The first-order chi connectivity index (χ1) is 13.4. The number of carbonyl (C=O) groups is 2. The lowest BCUT2D eigenvalue weighted by atomic mass is 10.2. The van der Waals surface area contributed by atoms with Crippen LogP contribution in [0, 0.1) is 0 Å². The van der Waals surface area contributed by atoms with Crippen molar-refractivity contribution in [3.8, 4) is 11.4 Å². The van der Waals surface area contributed by atoms with Crippen molar-refractivity contribution in [2.45, 2.75) is 39.4 Å². The number of carboxylic acids is 1. The van der Waals surface area contributed by atoms with Crippen LogP contribution in [0.2, 0.25) is 0 Å². The quantitative estimate of drug-likeness (QED) is 0.800. The molecular formula is C19H24N4O5. The van der Waals surface area contributed by atoms with E-state index in [0.717, 1.165) is 11.4 Å². The minimum atomic E-state index is -1.08. The molecule has 2 aromatic rings. The molecule has 1 saturated heterocycles. The number of aromatic nitrogens is 3. The van der Waals surface area contributed by atoms with E-state index in [4.69, 9.17) is 14.6 Å². The van der Waals surface area contributed by atoms with Gasteiger partial charge in [0.1, 0.15) is 5.75 Å². The predicted octanol–water partition coefficient (Wildman–Crippen LogP) is 1.54. The van der Waals surface area contributed by atoms with Crippen molar-refractivity contribution < 1.29 is 24.2 Å². The van der Waals surface area contributed by atoms with Gasteiger partial charge in [0.2, 0.25) is 0 Å². The fourth-order valence-electron chi connectivity index (χ4n) is 3.06. The van der Waals surface area contributed by atoms with E-state index in [1.165, 1.54) is 4.90 Å². The van der Waals surface area contributed by atoms with Gasteiger partial charge in [-0.1, -0.05) is 12.1 Å². The van der Waals surface area contributed by atoms with Crippen molar-refractivity contribution in [1.82, 2.24) is 19.9 Å². The highest BCUT2D eigenvalue weighted by Gasteiger charge is 2.32. The summed E-state index contributed by atoms with van der Waals surface area (Å²) in [5.74, 6) is -0.667. The van der Waals surface area contributed by atoms with Gasteiger partial charge in [-0.05, 0) is 44.5 Å². The van der Waals surface area contributed by atoms with E-state index >= 15 is 0 Å². The van der Waals surface area contributed by atoms with E-state index in [0.29, 0.717) is 18.7 Å². The fourth-order valence-corrected chi connectivity index (χ4v) is 3.06. The summed E-state index contributed by atoms with van der Waals surface area (Å²) < 4.78 is 12.5. The predicted molar refractivity (Wildman–Crippen MR) is 99.8 cm³/mol. The highest BCUT2D eigenvalue weighted by atomic mass is 16.5. The molecule has 0 saturated carbocycles. The van der Waals surface area contributed by atoms with Gasteiger partial charge >= 0.3 is 5.97 Å². The van der Waals surface area contributed by atoms with Crippen LogP contribution in [0.1, 0.15) is 37.0 Å². The number of aliphatic carboxylic acids is 1. The molecule has 1 N–H and O–H groups in total. The minimum Gasteiger partial charge on any atom is -0.491 e. The van der Waals surface area contributed by atoms with Gasteiger partial charge in [-0.25, -0.2) is 9.48 Å². The number of nitrogens with zero attached hydrogens (tertiary/aromatic N) is 4. The maximum atomic E-state index is 12.9. The summed E-state index contributed by atoms with van der Waals surface area (Å²) in [6.45, 7) is 6.32. The van der Waals surface area contributed by atoms with Crippen LogP contribution in [-0.2, 0) is 16.0 Å². The lowest BCUT2D eigenvalue weighted by Crippen LogP contribution is -2.48. The van der Waals surface area contributed by atoms with E-state index in [2.05, 4.69) is 10.3 Å². The molecule has 1 aromatic heterocycles. The largest absolute Gasteiger partial charge is 0.491 e. The monoisotopic (exact) mass is 388 g/mol. The van der Waals surface area contributed by atoms with Gasteiger partial charge in [0.25, 0.3) is 5.91 Å². The molecule has 28 heavy (non-hydrogen) atoms. The highest BCUT2D eigenvalue weighted by molar-refractivity contribution is 5.94. The van der Waals surface area contributed by atoms with Gasteiger partial charge in [0.05, 0.1) is 30.6 Å². The first-order valence-electron chi connectivity index (χ1n) is 9.26. The van der Waals surface area contributed by atoms with Crippen LogP contribution >= 0.6 is 0 Å². The third kappa shape index (κ3) is 4.14. The molecule has 9 nitrogen and oxygen atoms in total. The number of hydrogen-bond acceptors (Lipinski definition) is 6. The topological polar surface area (TPSA) is 107 Å². The Kier molecular flexibility index (Phi) is 5.93. The van der Waals surface area contributed by atoms with Crippen molar-refractivity contribution >= 4 is 11.9 Å². The Labute approximate surface area is 162 Å². The fraction of sp³-hybridized carbons (Fsp3) is 0.474. The lowest BCUT2D eigenvalue weighted by molar-refractivity contribution is -0.154. The molecule has 1 atom stereocenters. The molecule has 0 aliphatic carbocycles. The number of morpholine rings is 1. The average Bonchev–Trinajstić information content (AvgIpc) is 3.11. The first-order valence-corrected chi connectivity index (χ1v) is 9.26. The lowest BCUT2D eigenvalue weighted by Gasteiger charge is -2.30. The number of benzene rings is 1. The van der Waals surface area contributed by atoms with Crippen LogP contribution in [-0.4, -0.2) is 68.8 Å². The van der Waals surface area contributed by atoms with Crippen molar-refractivity contribution in [2.24, 2.45) is 0 Å². The summed E-state index contributed by atoms with van der Waals surface area (Å²) in [5, 5.41) is 17.4. The van der Waals surface area contributed by atoms with Crippen molar-refractivity contribution in [2.75, 3.05) is 19.7 Å². The van der Waals surface area contributed by atoms with Gasteiger partial charge in [-0.2, -0.15) is 0 Å². The van der Waals surface area contributed by atoms with E-state index in [1.54, 1.807) is 4.68 Å². The summed E-state index contributed by atoms with van der Waals surface area (Å²) in [7, 11) is 0. The normalized spacial score (nSPS) is 17.0. The Morgan fingerprint density at radius 2 is 2.04 bits per heavy atom. The zero-order valence-electron chi connectivity index (χ0n) is 16.2. The first kappa shape index (κ1) is 19.8. The summed E-state index contributed by atoms with van der Waals surface area (Å²) in [4.78, 5) is 25.5. The highest BCUT2D eigenvalue weighted by Crippen LogP contribution is 2.20. The van der Waals surface area contributed by atoms with Gasteiger partial charge in [-0.15, -0.1) is 5.10 Å². The SMILES string of the molecule is CCc1c(C(=O)N2CCOC(C(=O)O)C2)nnn1-c1ccc(OC(C)C)cc1. The Morgan fingerprint density at radius 3 is 2.64 bits per heavy atom. The van der Waals surface area contributed by atoms with E-state index in [9.17, 15) is 9.59 Å². The molecule has 9 heteroatoms. The third-order valence-corrected chi connectivity index (χ3v) is 4.38. The van der Waals surface area contributed by atoms with E-state index in [-0.39, 0.29) is 30.9 Å². The van der Waals surface area contributed by atoms with Crippen LogP contribution in [0.25, 0.3) is 5.69 Å². The molecule has 0 bridgehead atoms. The van der Waals surface area contributed by atoms with E-state index < -0.39 is 12.1 Å². The van der Waals surface area contributed by atoms with Crippen LogP contribution in [0.4, 0.5) is 0 Å². The smallest absolute Gasteiger partial charge is 0.334 e. The van der Waals surface area contributed by atoms with Crippen molar-refractivity contribution in [3.05, 3.63) is 35.7 Å². The second-order valence-electron chi connectivity index (χ2n) is 6.76. The molecule has 2 heterocycles. The Morgan fingerprint density at radius 1 is 1.32 bits per heavy atom. The Balaban J connectivity index is 1.83. The van der Waals surface area contributed by atoms with Gasteiger partial charge in [0, 0.05) is 6.54 Å². The van der Waals surface area contributed by atoms with Crippen LogP contribution in [0.5, 0.6) is 5.75 Å². The number of rotatable bonds is 6. The minimum absolute atomic E-state index is 0.00851. The number of amides is 1. The van der Waals surface area contributed by atoms with Crippen LogP contribution < -0.4 is 4.74 Å². The zero-order valence-corrected chi connectivity index (χ0v) is 16.2. The van der Waals surface area contributed by atoms with Gasteiger partial charge in [0.15, 0.2) is 11.8 Å². The van der Waals surface area contributed by atoms with Crippen LogP contribution in [0.15, 0.2) is 24.3 Å². The molecular weight excluding hydrogens is 364 g/mol. The maximum Gasteiger partial charge on any atom is 0.334 e. The molecule has 1 fully saturated rings. The number of hydrogen-bond donors (Lipinski definition) is 1. The standard InChI is InChI=1S/C19H24N4O5/c1-4-15-17(18(24)22-9-10-27-16(11-22)19(25)26)20-21-23(15)13-5-7-14(8-6-13)28-12(2)3/h5-8,12,16H,4,9-11H2,1-3H3,(H,25,26). The number of carbonyl (C=O) groups excluding carboxylic acids is 1. The van der Waals surface area contributed by atoms with Crippen LogP contribution in [0.3, 0.4) is 0 Å². The third-order valence-electron chi connectivity index (χ3n) is 4.38.